The molecule has 2 rings (SSSR count). The summed E-state index contributed by atoms with van der Waals surface area (Å²) < 4.78 is 27.1. The summed E-state index contributed by atoms with van der Waals surface area (Å²) in [4.78, 5) is 14.8. The lowest BCUT2D eigenvalue weighted by Gasteiger charge is -2.10. The Hall–Kier alpha value is -2.21. The van der Waals surface area contributed by atoms with Gasteiger partial charge in [0.2, 0.25) is 0 Å². The van der Waals surface area contributed by atoms with Crippen LogP contribution in [0.2, 0.25) is 5.15 Å². The van der Waals surface area contributed by atoms with Crippen molar-refractivity contribution in [1.82, 2.24) is 4.98 Å². The number of aromatic carboxylic acids is 1. The zero-order valence-electron chi connectivity index (χ0n) is 10.2. The van der Waals surface area contributed by atoms with Crippen LogP contribution in [0.15, 0.2) is 24.3 Å². The van der Waals surface area contributed by atoms with Crippen molar-refractivity contribution < 1.29 is 18.7 Å². The minimum absolute atomic E-state index is 0.0329. The Morgan fingerprint density at radius 1 is 1.30 bits per heavy atom. The van der Waals surface area contributed by atoms with E-state index < -0.39 is 17.6 Å². The fraction of sp³-hybridized carbons (Fsp3) is 0.0769. The third kappa shape index (κ3) is 2.85. The molecule has 0 bridgehead atoms. The van der Waals surface area contributed by atoms with Crippen molar-refractivity contribution in [3.63, 3.8) is 0 Å². The van der Waals surface area contributed by atoms with E-state index in [1.807, 2.05) is 0 Å². The Bertz CT molecular complexity index is 692. The van der Waals surface area contributed by atoms with Crippen LogP contribution in [0.25, 0.3) is 0 Å². The molecule has 20 heavy (non-hydrogen) atoms. The summed E-state index contributed by atoms with van der Waals surface area (Å²) in [6, 6.07) is 4.45. The molecule has 0 aliphatic rings. The number of hydrogen-bond acceptors (Lipinski definition) is 3. The van der Waals surface area contributed by atoms with Gasteiger partial charge in [0, 0.05) is 6.07 Å². The number of carboxylic acids is 1. The number of rotatable bonds is 3. The molecule has 1 aromatic heterocycles. The van der Waals surface area contributed by atoms with E-state index in [0.29, 0.717) is 0 Å². The molecule has 0 aliphatic carbocycles. The molecular weight excluding hydrogens is 290 g/mol. The van der Waals surface area contributed by atoms with Gasteiger partial charge in [-0.15, -0.1) is 0 Å². The Kier molecular flexibility index (Phi) is 3.85. The Morgan fingerprint density at radius 2 is 2.00 bits per heavy atom. The molecular formula is C13H9ClF2N2O2. The normalized spacial score (nSPS) is 10.4. The van der Waals surface area contributed by atoms with Crippen LogP contribution < -0.4 is 5.32 Å². The number of anilines is 2. The second kappa shape index (κ2) is 5.42. The number of aromatic nitrogens is 1. The first-order chi connectivity index (χ1) is 9.38. The third-order valence-corrected chi connectivity index (χ3v) is 2.80. The van der Waals surface area contributed by atoms with E-state index in [0.717, 1.165) is 12.1 Å². The molecule has 1 aromatic carbocycles. The lowest BCUT2D eigenvalue weighted by Crippen LogP contribution is -2.06. The van der Waals surface area contributed by atoms with Gasteiger partial charge in [0.05, 0.1) is 5.69 Å². The van der Waals surface area contributed by atoms with Gasteiger partial charge >= 0.3 is 5.97 Å². The monoisotopic (exact) mass is 298 g/mol. The Balaban J connectivity index is 2.47. The minimum Gasteiger partial charge on any atom is -0.478 e. The van der Waals surface area contributed by atoms with Crippen LogP contribution in [0.4, 0.5) is 20.3 Å². The van der Waals surface area contributed by atoms with Crippen LogP contribution in [0.3, 0.4) is 0 Å². The van der Waals surface area contributed by atoms with Crippen LogP contribution in [0, 0.1) is 18.6 Å². The number of hydrogen-bond donors (Lipinski definition) is 2. The highest BCUT2D eigenvalue weighted by Gasteiger charge is 2.15. The first-order valence-electron chi connectivity index (χ1n) is 5.51. The molecule has 2 N–H and O–H groups in total. The molecule has 0 atom stereocenters. The van der Waals surface area contributed by atoms with E-state index >= 15 is 0 Å². The molecule has 0 aliphatic heterocycles. The molecule has 1 heterocycles. The van der Waals surface area contributed by atoms with Gasteiger partial charge < -0.3 is 10.4 Å². The second-order valence-corrected chi connectivity index (χ2v) is 4.43. The van der Waals surface area contributed by atoms with Gasteiger partial charge in [0.15, 0.2) is 0 Å². The highest BCUT2D eigenvalue weighted by atomic mass is 35.5. The SMILES string of the molecule is Cc1cc(F)c(Nc2nc(Cl)ccc2C(=O)O)cc1F. The zero-order valence-corrected chi connectivity index (χ0v) is 11.0. The van der Waals surface area contributed by atoms with Crippen LogP contribution >= 0.6 is 11.6 Å². The summed E-state index contributed by atoms with van der Waals surface area (Å²) >= 11 is 5.67. The molecule has 2 aromatic rings. The summed E-state index contributed by atoms with van der Waals surface area (Å²) in [6.45, 7) is 1.42. The predicted molar refractivity (Wildman–Crippen MR) is 70.6 cm³/mol. The van der Waals surface area contributed by atoms with Crippen molar-refractivity contribution in [3.8, 4) is 0 Å². The van der Waals surface area contributed by atoms with Crippen molar-refractivity contribution in [2.45, 2.75) is 6.92 Å². The number of carboxylic acid groups (broad SMARTS) is 1. The fourth-order valence-electron chi connectivity index (χ4n) is 1.57. The molecule has 4 nitrogen and oxygen atoms in total. The fourth-order valence-corrected chi connectivity index (χ4v) is 1.72. The average Bonchev–Trinajstić information content (AvgIpc) is 2.35. The maximum Gasteiger partial charge on any atom is 0.339 e. The van der Waals surface area contributed by atoms with Gasteiger partial charge in [0.1, 0.15) is 28.2 Å². The molecule has 0 unspecified atom stereocenters. The number of benzene rings is 1. The summed E-state index contributed by atoms with van der Waals surface area (Å²) in [7, 11) is 0. The average molecular weight is 299 g/mol. The minimum atomic E-state index is -1.26. The summed E-state index contributed by atoms with van der Waals surface area (Å²) in [6.07, 6.45) is 0. The summed E-state index contributed by atoms with van der Waals surface area (Å²) in [5, 5.41) is 11.5. The lowest BCUT2D eigenvalue weighted by atomic mass is 10.2. The number of nitrogens with zero attached hydrogens (tertiary/aromatic N) is 1. The lowest BCUT2D eigenvalue weighted by molar-refractivity contribution is 0.0697. The van der Waals surface area contributed by atoms with E-state index in [-0.39, 0.29) is 27.8 Å². The largest absolute Gasteiger partial charge is 0.478 e. The highest BCUT2D eigenvalue weighted by Crippen LogP contribution is 2.25. The maximum absolute atomic E-state index is 13.7. The molecule has 0 saturated carbocycles. The van der Waals surface area contributed by atoms with Gasteiger partial charge in [0.25, 0.3) is 0 Å². The number of pyridine rings is 1. The van der Waals surface area contributed by atoms with Gasteiger partial charge in [-0.05, 0) is 30.7 Å². The van der Waals surface area contributed by atoms with Crippen molar-refractivity contribution in [3.05, 3.63) is 52.2 Å². The van der Waals surface area contributed by atoms with E-state index in [9.17, 15) is 13.6 Å². The van der Waals surface area contributed by atoms with Crippen molar-refractivity contribution in [2.75, 3.05) is 5.32 Å². The zero-order chi connectivity index (χ0) is 14.9. The van der Waals surface area contributed by atoms with E-state index in [4.69, 9.17) is 16.7 Å². The topological polar surface area (TPSA) is 62.2 Å². The summed E-state index contributed by atoms with van der Waals surface area (Å²) in [5.74, 6) is -2.76. The molecule has 0 fully saturated rings. The Labute approximate surface area is 118 Å². The molecule has 7 heteroatoms. The summed E-state index contributed by atoms with van der Waals surface area (Å²) in [5.41, 5.74) is -0.272. The molecule has 0 amide bonds. The molecule has 0 saturated heterocycles. The number of carbonyl (C=O) groups is 1. The van der Waals surface area contributed by atoms with Crippen molar-refractivity contribution in [2.24, 2.45) is 0 Å². The molecule has 104 valence electrons. The van der Waals surface area contributed by atoms with Crippen LogP contribution in [-0.4, -0.2) is 16.1 Å². The van der Waals surface area contributed by atoms with Crippen molar-refractivity contribution in [1.29, 1.82) is 0 Å². The highest BCUT2D eigenvalue weighted by molar-refractivity contribution is 6.29. The third-order valence-electron chi connectivity index (χ3n) is 2.59. The number of aryl methyl sites for hydroxylation is 1. The van der Waals surface area contributed by atoms with Crippen molar-refractivity contribution >= 4 is 29.1 Å². The maximum atomic E-state index is 13.7. The van der Waals surface area contributed by atoms with Gasteiger partial charge in [-0.3, -0.25) is 0 Å². The first-order valence-corrected chi connectivity index (χ1v) is 5.89. The second-order valence-electron chi connectivity index (χ2n) is 4.04. The smallest absolute Gasteiger partial charge is 0.339 e. The van der Waals surface area contributed by atoms with Crippen LogP contribution in [-0.2, 0) is 0 Å². The van der Waals surface area contributed by atoms with Crippen LogP contribution in [0.5, 0.6) is 0 Å². The van der Waals surface area contributed by atoms with E-state index in [1.54, 1.807) is 0 Å². The van der Waals surface area contributed by atoms with Gasteiger partial charge in [-0.25, -0.2) is 18.6 Å². The van der Waals surface area contributed by atoms with E-state index in [1.165, 1.54) is 19.1 Å². The van der Waals surface area contributed by atoms with Gasteiger partial charge in [-0.2, -0.15) is 0 Å². The quantitative estimate of drug-likeness (QED) is 0.847. The standard InChI is InChI=1S/C13H9ClF2N2O2/c1-6-4-9(16)10(5-8(6)15)17-12-7(13(19)20)2-3-11(14)18-12/h2-5H,1H3,(H,17,18)(H,19,20). The van der Waals surface area contributed by atoms with Gasteiger partial charge in [-0.1, -0.05) is 11.6 Å². The number of halogens is 3. The number of nitrogens with one attached hydrogen (secondary N) is 1. The first kappa shape index (κ1) is 14.2. The molecule has 0 spiro atoms. The predicted octanol–water partition coefficient (Wildman–Crippen LogP) is 3.76. The Morgan fingerprint density at radius 3 is 2.65 bits per heavy atom. The van der Waals surface area contributed by atoms with Crippen LogP contribution in [0.1, 0.15) is 15.9 Å². The molecule has 0 radical (unpaired) electrons. The van der Waals surface area contributed by atoms with E-state index in [2.05, 4.69) is 10.3 Å².